The summed E-state index contributed by atoms with van der Waals surface area (Å²) in [5, 5.41) is 9.42. The molecule has 0 amide bonds. The van der Waals surface area contributed by atoms with Gasteiger partial charge in [0.1, 0.15) is 5.69 Å². The molecule has 0 saturated carbocycles. The number of rotatable bonds is 2. The van der Waals surface area contributed by atoms with Gasteiger partial charge < -0.3 is 0 Å². The van der Waals surface area contributed by atoms with E-state index in [2.05, 4.69) is 32.1 Å². The second kappa shape index (κ2) is 3.79. The zero-order chi connectivity index (χ0) is 10.7. The van der Waals surface area contributed by atoms with Crippen molar-refractivity contribution in [2.45, 2.75) is 0 Å². The molecule has 15 heavy (non-hydrogen) atoms. The van der Waals surface area contributed by atoms with E-state index in [1.165, 1.54) is 0 Å². The van der Waals surface area contributed by atoms with Crippen molar-refractivity contribution in [1.29, 1.82) is 0 Å². The summed E-state index contributed by atoms with van der Waals surface area (Å²) in [6, 6.07) is 5.28. The predicted molar refractivity (Wildman–Crippen MR) is 55.1 cm³/mol. The fourth-order valence-corrected chi connectivity index (χ4v) is 1.15. The standard InChI is InChI=1S/C9H7N5O/c1-10-8-7(12-14-13-9(8)15)6-4-2-3-5-11-6/h2-5H,1H2,(H,12,13,15). The molecule has 2 heterocycles. The Bertz CT molecular complexity index is 534. The monoisotopic (exact) mass is 201 g/mol. The Labute approximate surface area is 84.7 Å². The Balaban J connectivity index is 2.69. The number of hydrogen-bond donors (Lipinski definition) is 1. The van der Waals surface area contributed by atoms with E-state index >= 15 is 0 Å². The molecular formula is C9H7N5O. The molecule has 0 spiro atoms. The van der Waals surface area contributed by atoms with Gasteiger partial charge in [0.25, 0.3) is 5.56 Å². The van der Waals surface area contributed by atoms with Crippen molar-refractivity contribution in [2.75, 3.05) is 0 Å². The quantitative estimate of drug-likeness (QED) is 0.719. The van der Waals surface area contributed by atoms with Crippen molar-refractivity contribution in [1.82, 2.24) is 20.4 Å². The lowest BCUT2D eigenvalue weighted by Crippen LogP contribution is -2.10. The van der Waals surface area contributed by atoms with Crippen LogP contribution in [0.2, 0.25) is 0 Å². The molecule has 0 bridgehead atoms. The lowest BCUT2D eigenvalue weighted by Gasteiger charge is -1.99. The van der Waals surface area contributed by atoms with Crippen LogP contribution in [-0.4, -0.2) is 27.1 Å². The van der Waals surface area contributed by atoms with E-state index in [9.17, 15) is 4.79 Å². The van der Waals surface area contributed by atoms with Crippen LogP contribution in [0.5, 0.6) is 0 Å². The highest BCUT2D eigenvalue weighted by atomic mass is 16.1. The molecule has 0 saturated heterocycles. The largest absolute Gasteiger partial charge is 0.293 e. The molecule has 0 aliphatic heterocycles. The van der Waals surface area contributed by atoms with Crippen LogP contribution in [-0.2, 0) is 0 Å². The number of aromatic amines is 1. The van der Waals surface area contributed by atoms with Gasteiger partial charge in [0.2, 0.25) is 0 Å². The lowest BCUT2D eigenvalue weighted by atomic mass is 10.2. The van der Waals surface area contributed by atoms with Crippen molar-refractivity contribution < 1.29 is 0 Å². The summed E-state index contributed by atoms with van der Waals surface area (Å²) in [6.07, 6.45) is 1.60. The fourth-order valence-electron chi connectivity index (χ4n) is 1.15. The van der Waals surface area contributed by atoms with Crippen molar-refractivity contribution in [2.24, 2.45) is 4.99 Å². The molecule has 0 aromatic carbocycles. The van der Waals surface area contributed by atoms with E-state index < -0.39 is 5.56 Å². The average Bonchev–Trinajstić information content (AvgIpc) is 2.30. The number of nitrogens with one attached hydrogen (secondary N) is 1. The van der Waals surface area contributed by atoms with E-state index in [-0.39, 0.29) is 5.69 Å². The van der Waals surface area contributed by atoms with Crippen molar-refractivity contribution >= 4 is 12.4 Å². The number of aromatic nitrogens is 4. The number of pyridine rings is 1. The van der Waals surface area contributed by atoms with Crippen LogP contribution >= 0.6 is 0 Å². The molecule has 0 aliphatic rings. The minimum absolute atomic E-state index is 0.128. The molecule has 1 N–H and O–H groups in total. The molecule has 2 rings (SSSR count). The first kappa shape index (κ1) is 9.20. The molecule has 74 valence electrons. The van der Waals surface area contributed by atoms with Crippen LogP contribution in [0.3, 0.4) is 0 Å². The van der Waals surface area contributed by atoms with E-state index in [1.54, 1.807) is 24.4 Å². The molecule has 0 fully saturated rings. The highest BCUT2D eigenvalue weighted by Gasteiger charge is 2.10. The van der Waals surface area contributed by atoms with Gasteiger partial charge in [0, 0.05) is 6.20 Å². The third-order valence-corrected chi connectivity index (χ3v) is 1.81. The lowest BCUT2D eigenvalue weighted by molar-refractivity contribution is 0.844. The van der Waals surface area contributed by atoms with Gasteiger partial charge in [-0.15, -0.1) is 5.10 Å². The van der Waals surface area contributed by atoms with Crippen LogP contribution in [0.15, 0.2) is 34.2 Å². The predicted octanol–water partition coefficient (Wildman–Crippen LogP) is 0.559. The van der Waals surface area contributed by atoms with Gasteiger partial charge in [0.15, 0.2) is 5.69 Å². The summed E-state index contributed by atoms with van der Waals surface area (Å²) in [7, 11) is 0. The molecule has 2 aromatic heterocycles. The second-order valence-electron chi connectivity index (χ2n) is 2.71. The maximum Gasteiger partial charge on any atom is 0.293 e. The van der Waals surface area contributed by atoms with Gasteiger partial charge in [-0.1, -0.05) is 11.3 Å². The Morgan fingerprint density at radius 2 is 2.27 bits per heavy atom. The third-order valence-electron chi connectivity index (χ3n) is 1.81. The van der Waals surface area contributed by atoms with E-state index in [0.717, 1.165) is 0 Å². The molecule has 0 aliphatic carbocycles. The molecule has 6 heteroatoms. The zero-order valence-corrected chi connectivity index (χ0v) is 7.71. The van der Waals surface area contributed by atoms with Crippen LogP contribution in [0.25, 0.3) is 11.4 Å². The first-order valence-corrected chi connectivity index (χ1v) is 4.16. The van der Waals surface area contributed by atoms with E-state index in [4.69, 9.17) is 0 Å². The van der Waals surface area contributed by atoms with E-state index in [0.29, 0.717) is 11.4 Å². The topological polar surface area (TPSA) is 83.9 Å². The Hall–Kier alpha value is -2.37. The highest BCUT2D eigenvalue weighted by Crippen LogP contribution is 2.20. The molecule has 2 aromatic rings. The first-order valence-electron chi connectivity index (χ1n) is 4.16. The number of H-pyrrole nitrogens is 1. The van der Waals surface area contributed by atoms with Gasteiger partial charge in [0.05, 0.1) is 5.69 Å². The van der Waals surface area contributed by atoms with Crippen molar-refractivity contribution in [3.8, 4) is 11.4 Å². The van der Waals surface area contributed by atoms with Gasteiger partial charge in [-0.25, -0.2) is 5.10 Å². The minimum Gasteiger partial charge on any atom is -0.265 e. The normalized spacial score (nSPS) is 9.87. The van der Waals surface area contributed by atoms with Crippen LogP contribution in [0.1, 0.15) is 0 Å². The molecular weight excluding hydrogens is 194 g/mol. The summed E-state index contributed by atoms with van der Waals surface area (Å²) in [5.41, 5.74) is 0.567. The van der Waals surface area contributed by atoms with Gasteiger partial charge >= 0.3 is 0 Å². The number of hydrogen-bond acceptors (Lipinski definition) is 5. The van der Waals surface area contributed by atoms with Crippen molar-refractivity contribution in [3.05, 3.63) is 34.7 Å². The average molecular weight is 201 g/mol. The van der Waals surface area contributed by atoms with Crippen LogP contribution in [0, 0.1) is 0 Å². The Morgan fingerprint density at radius 3 is 2.93 bits per heavy atom. The van der Waals surface area contributed by atoms with Crippen LogP contribution < -0.4 is 5.56 Å². The summed E-state index contributed by atoms with van der Waals surface area (Å²) < 4.78 is 0. The third kappa shape index (κ3) is 1.64. The summed E-state index contributed by atoms with van der Waals surface area (Å²) in [4.78, 5) is 19.0. The Kier molecular flexibility index (Phi) is 2.32. The smallest absolute Gasteiger partial charge is 0.265 e. The van der Waals surface area contributed by atoms with E-state index in [1.807, 2.05) is 0 Å². The Morgan fingerprint density at radius 1 is 1.40 bits per heavy atom. The first-order chi connectivity index (χ1) is 7.33. The molecule has 6 nitrogen and oxygen atoms in total. The number of nitrogens with zero attached hydrogens (tertiary/aromatic N) is 4. The molecule has 0 atom stereocenters. The maximum absolute atomic E-state index is 11.3. The highest BCUT2D eigenvalue weighted by molar-refractivity contribution is 5.68. The number of aliphatic imine (C=N–C) groups is 1. The minimum atomic E-state index is -0.430. The van der Waals surface area contributed by atoms with Gasteiger partial charge in [-0.2, -0.15) is 0 Å². The maximum atomic E-state index is 11.3. The summed E-state index contributed by atoms with van der Waals surface area (Å²) in [5.74, 6) is 0. The van der Waals surface area contributed by atoms with Gasteiger partial charge in [-0.3, -0.25) is 14.8 Å². The van der Waals surface area contributed by atoms with Gasteiger partial charge in [-0.05, 0) is 18.9 Å². The van der Waals surface area contributed by atoms with Crippen molar-refractivity contribution in [3.63, 3.8) is 0 Å². The van der Waals surface area contributed by atoms with Crippen LogP contribution in [0.4, 0.5) is 5.69 Å². The summed E-state index contributed by atoms with van der Waals surface area (Å²) >= 11 is 0. The fraction of sp³-hybridized carbons (Fsp3) is 0. The zero-order valence-electron chi connectivity index (χ0n) is 7.71. The second-order valence-corrected chi connectivity index (χ2v) is 2.71. The molecule has 0 unspecified atom stereocenters. The summed E-state index contributed by atoms with van der Waals surface area (Å²) in [6.45, 7) is 3.31. The molecule has 0 radical (unpaired) electrons. The SMILES string of the molecule is C=Nc1c(-c2ccccn2)nn[nH]c1=O.